The van der Waals surface area contributed by atoms with Crippen LogP contribution >= 0.6 is 0 Å². The molecule has 12 heavy (non-hydrogen) atoms. The summed E-state index contributed by atoms with van der Waals surface area (Å²) >= 11 is 0. The maximum atomic E-state index is 10.6. The van der Waals surface area contributed by atoms with Crippen LogP contribution in [0.1, 0.15) is 20.6 Å². The van der Waals surface area contributed by atoms with Gasteiger partial charge in [0.1, 0.15) is 6.04 Å². The first-order chi connectivity index (χ1) is 6.22. The van der Waals surface area contributed by atoms with Crippen LogP contribution in [0.2, 0.25) is 0 Å². The fourth-order valence-electron chi connectivity index (χ4n) is 0.873. The zero-order chi connectivity index (χ0) is 10.1. The van der Waals surface area contributed by atoms with Gasteiger partial charge in [-0.2, -0.15) is 0 Å². The highest BCUT2D eigenvalue weighted by Gasteiger charge is 2.14. The van der Waals surface area contributed by atoms with Gasteiger partial charge in [0.2, 0.25) is 0 Å². The Morgan fingerprint density at radius 1 is 1.75 bits per heavy atom. The highest BCUT2D eigenvalue weighted by Crippen LogP contribution is 1.99. The van der Waals surface area contributed by atoms with Crippen LogP contribution in [0.5, 0.6) is 0 Å². The molecule has 0 spiro atoms. The van der Waals surface area contributed by atoms with Crippen molar-refractivity contribution < 1.29 is 11.3 Å². The summed E-state index contributed by atoms with van der Waals surface area (Å²) in [6, 6.07) is -0.628. The van der Waals surface area contributed by atoms with E-state index in [0.29, 0.717) is 13.0 Å². The second-order valence-electron chi connectivity index (χ2n) is 2.50. The summed E-state index contributed by atoms with van der Waals surface area (Å²) in [6.07, 6.45) is 2.13. The van der Waals surface area contributed by atoms with Gasteiger partial charge >= 0.3 is 5.97 Å². The average molecular weight is 176 g/mol. The molecular weight excluding hydrogens is 158 g/mol. The topological polar surface area (TPSA) is 87.4 Å². The average Bonchev–Trinajstić information content (AvgIpc) is 2.10. The lowest BCUT2D eigenvalue weighted by Gasteiger charge is -2.12. The number of hydrogen-bond donors (Lipinski definition) is 4. The summed E-state index contributed by atoms with van der Waals surface area (Å²) < 4.78 is 6.76. The quantitative estimate of drug-likeness (QED) is 0.304. The summed E-state index contributed by atoms with van der Waals surface area (Å²) in [7, 11) is -0.0410. The van der Waals surface area contributed by atoms with E-state index in [1.807, 2.05) is 0 Å². The number of carboxylic acids is 1. The Labute approximate surface area is 73.7 Å². The first-order valence-electron chi connectivity index (χ1n) is 4.63. The summed E-state index contributed by atoms with van der Waals surface area (Å²) in [4.78, 5) is 10.6. The van der Waals surface area contributed by atoms with E-state index in [1.165, 1.54) is 0 Å². The fraction of sp³-hybridized carbons (Fsp3) is 0.857. The number of unbranched alkanes of at least 4 members (excludes halogenated alkanes) is 1. The number of nitrogens with one attached hydrogen (secondary N) is 2. The van der Waals surface area contributed by atoms with Crippen molar-refractivity contribution in [3.05, 3.63) is 0 Å². The molecule has 0 aliphatic heterocycles. The number of nitrogens with two attached hydrogens (primary N) is 1. The van der Waals surface area contributed by atoms with Crippen LogP contribution < -0.4 is 16.6 Å². The molecule has 0 bridgehead atoms. The van der Waals surface area contributed by atoms with Crippen molar-refractivity contribution in [2.75, 3.05) is 13.6 Å². The molecule has 0 radical (unpaired) electrons. The van der Waals surface area contributed by atoms with E-state index >= 15 is 0 Å². The Morgan fingerprint density at radius 2 is 2.50 bits per heavy atom. The molecule has 0 rings (SSSR count). The van der Waals surface area contributed by atoms with Crippen molar-refractivity contribution in [2.45, 2.75) is 25.3 Å². The minimum atomic E-state index is -0.905. The predicted molar refractivity (Wildman–Crippen MR) is 46.5 cm³/mol. The lowest BCUT2D eigenvalue weighted by Crippen LogP contribution is -2.43. The minimum Gasteiger partial charge on any atom is -0.480 e. The van der Waals surface area contributed by atoms with Crippen molar-refractivity contribution in [1.29, 1.82) is 0 Å². The molecule has 0 amide bonds. The molecule has 5 N–H and O–H groups in total. The normalized spacial score (nSPS) is 13.9. The molecule has 5 heteroatoms. The lowest BCUT2D eigenvalue weighted by molar-refractivity contribution is -0.140. The maximum Gasteiger partial charge on any atom is 0.322 e. The zero-order valence-electron chi connectivity index (χ0n) is 8.05. The van der Waals surface area contributed by atoms with Crippen molar-refractivity contribution in [3.63, 3.8) is 0 Å². The van der Waals surface area contributed by atoms with E-state index in [1.54, 1.807) is 0 Å². The van der Waals surface area contributed by atoms with Crippen molar-refractivity contribution in [3.8, 4) is 0 Å². The molecule has 0 aromatic carbocycles. The second-order valence-corrected chi connectivity index (χ2v) is 2.50. The molecule has 0 fully saturated rings. The lowest BCUT2D eigenvalue weighted by atomic mass is 10.1. The van der Waals surface area contributed by atoms with Gasteiger partial charge in [-0.25, -0.2) is 5.43 Å². The van der Waals surface area contributed by atoms with Crippen LogP contribution in [-0.4, -0.2) is 30.7 Å². The van der Waals surface area contributed by atoms with Crippen LogP contribution in [-0.2, 0) is 4.79 Å². The van der Waals surface area contributed by atoms with Gasteiger partial charge in [-0.05, 0) is 32.8 Å². The third-order valence-corrected chi connectivity index (χ3v) is 1.52. The number of hydrazine groups is 1. The minimum absolute atomic E-state index is 0.0410. The summed E-state index contributed by atoms with van der Waals surface area (Å²) in [5.74, 6) is -0.905. The largest absolute Gasteiger partial charge is 0.480 e. The van der Waals surface area contributed by atoms with Gasteiger partial charge in [-0.15, -0.1) is 0 Å². The Kier molecular flexibility index (Phi) is 5.52. The van der Waals surface area contributed by atoms with E-state index in [0.717, 1.165) is 12.8 Å². The molecule has 0 saturated heterocycles. The molecule has 0 aromatic heterocycles. The van der Waals surface area contributed by atoms with Crippen LogP contribution in [0.4, 0.5) is 0 Å². The van der Waals surface area contributed by atoms with Gasteiger partial charge in [0.15, 0.2) is 0 Å². The second kappa shape index (κ2) is 7.02. The van der Waals surface area contributed by atoms with E-state index in [9.17, 15) is 4.79 Å². The van der Waals surface area contributed by atoms with Gasteiger partial charge in [-0.3, -0.25) is 10.2 Å². The van der Waals surface area contributed by atoms with Crippen molar-refractivity contribution in [2.24, 2.45) is 5.73 Å². The molecule has 5 nitrogen and oxygen atoms in total. The fourth-order valence-corrected chi connectivity index (χ4v) is 0.873. The first kappa shape index (κ1) is 9.44. The Bertz CT molecular complexity index is 146. The van der Waals surface area contributed by atoms with Crippen molar-refractivity contribution >= 4 is 5.97 Å². The van der Waals surface area contributed by atoms with E-state index in [-0.39, 0.29) is 7.02 Å². The monoisotopic (exact) mass is 176 g/mol. The molecule has 0 saturated carbocycles. The number of carboxylic acid groups (broad SMARTS) is 1. The van der Waals surface area contributed by atoms with E-state index in [4.69, 9.17) is 12.2 Å². The van der Waals surface area contributed by atoms with Crippen LogP contribution in [0.3, 0.4) is 0 Å². The Balaban J connectivity index is 3.61. The zero-order valence-corrected chi connectivity index (χ0v) is 7.05. The summed E-state index contributed by atoms with van der Waals surface area (Å²) in [6.45, 7) is 0.582. The third-order valence-electron chi connectivity index (χ3n) is 1.52. The van der Waals surface area contributed by atoms with Gasteiger partial charge < -0.3 is 10.8 Å². The molecule has 0 aliphatic carbocycles. The third kappa shape index (κ3) is 5.06. The van der Waals surface area contributed by atoms with Crippen LogP contribution in [0.25, 0.3) is 0 Å². The summed E-state index contributed by atoms with van der Waals surface area (Å²) in [5, 5.41) is 8.70. The molecule has 72 valence electrons. The Hall–Kier alpha value is -0.650. The predicted octanol–water partition coefficient (Wildman–Crippen LogP) is -0.707. The molecular formula is C7H17N3O2. The number of carbonyl (C=O) groups is 1. The number of rotatable bonds is 7. The molecule has 0 aliphatic rings. The molecule has 0 aromatic rings. The van der Waals surface area contributed by atoms with Gasteiger partial charge in [0.25, 0.3) is 0 Å². The SMILES string of the molecule is [2H]CNN[C@@H](CCCCN)C(=O)O. The number of hydrogen-bond acceptors (Lipinski definition) is 4. The number of aliphatic carboxylic acids is 1. The first-order valence-corrected chi connectivity index (χ1v) is 3.93. The highest BCUT2D eigenvalue weighted by atomic mass is 16.4. The smallest absolute Gasteiger partial charge is 0.322 e. The van der Waals surface area contributed by atoms with Crippen LogP contribution in [0.15, 0.2) is 0 Å². The maximum absolute atomic E-state index is 10.6. The van der Waals surface area contributed by atoms with Gasteiger partial charge in [0.05, 0.1) is 0 Å². The summed E-state index contributed by atoms with van der Waals surface area (Å²) in [5.41, 5.74) is 10.3. The molecule has 0 heterocycles. The van der Waals surface area contributed by atoms with Gasteiger partial charge in [0, 0.05) is 1.37 Å². The van der Waals surface area contributed by atoms with Gasteiger partial charge in [-0.1, -0.05) is 0 Å². The molecule has 0 unspecified atom stereocenters. The molecule has 1 atom stereocenters. The highest BCUT2D eigenvalue weighted by molar-refractivity contribution is 5.73. The Morgan fingerprint density at radius 3 is 3.00 bits per heavy atom. The van der Waals surface area contributed by atoms with E-state index in [2.05, 4.69) is 10.9 Å². The van der Waals surface area contributed by atoms with Crippen LogP contribution in [0, 0.1) is 0 Å². The van der Waals surface area contributed by atoms with Crippen molar-refractivity contribution in [1.82, 2.24) is 10.9 Å². The van der Waals surface area contributed by atoms with E-state index < -0.39 is 12.0 Å². The standard InChI is InChI=1S/C7H17N3O2/c1-9-10-6(7(11)12)4-2-3-5-8/h6,9-10H,2-5,8H2,1H3,(H,11,12)/t6-/m0/s1/i1D.